The zero-order valence-corrected chi connectivity index (χ0v) is 11.0. The summed E-state index contributed by atoms with van der Waals surface area (Å²) in [5.74, 6) is -1.48. The maximum absolute atomic E-state index is 12.2. The van der Waals surface area contributed by atoms with Gasteiger partial charge < -0.3 is 5.11 Å². The van der Waals surface area contributed by atoms with Crippen molar-refractivity contribution < 1.29 is 14.7 Å². The molecule has 1 N–H and O–H groups in total. The molecule has 18 heavy (non-hydrogen) atoms. The fourth-order valence-electron chi connectivity index (χ4n) is 2.33. The van der Waals surface area contributed by atoms with Gasteiger partial charge in [-0.05, 0) is 37.5 Å². The van der Waals surface area contributed by atoms with Crippen LogP contribution in [0.1, 0.15) is 29.6 Å². The van der Waals surface area contributed by atoms with Gasteiger partial charge in [0.15, 0.2) is 5.78 Å². The number of Topliss-reactive ketones (excluding diaryl/α,β-unsaturated/α-hetero) is 1. The second-order valence-corrected chi connectivity index (χ2v) is 5.35. The van der Waals surface area contributed by atoms with Gasteiger partial charge in [0.25, 0.3) is 0 Å². The lowest BCUT2D eigenvalue weighted by atomic mass is 9.95. The highest BCUT2D eigenvalue weighted by Gasteiger charge is 2.34. The molecule has 5 heteroatoms. The van der Waals surface area contributed by atoms with Crippen LogP contribution in [0.2, 0.25) is 10.0 Å². The Bertz CT molecular complexity index is 499. The van der Waals surface area contributed by atoms with Crippen LogP contribution in [-0.4, -0.2) is 16.9 Å². The topological polar surface area (TPSA) is 54.4 Å². The molecule has 1 saturated carbocycles. The van der Waals surface area contributed by atoms with Gasteiger partial charge in [0.2, 0.25) is 0 Å². The van der Waals surface area contributed by atoms with E-state index in [-0.39, 0.29) is 11.7 Å². The molecule has 0 heterocycles. The van der Waals surface area contributed by atoms with Crippen molar-refractivity contribution in [2.75, 3.05) is 0 Å². The number of carbonyl (C=O) groups is 2. The predicted molar refractivity (Wildman–Crippen MR) is 69.3 cm³/mol. The monoisotopic (exact) mass is 286 g/mol. The number of benzene rings is 1. The van der Waals surface area contributed by atoms with Gasteiger partial charge in [0.1, 0.15) is 0 Å². The van der Waals surface area contributed by atoms with Crippen molar-refractivity contribution in [1.82, 2.24) is 0 Å². The highest BCUT2D eigenvalue weighted by molar-refractivity contribution is 6.42. The molecule has 2 unspecified atom stereocenters. The molecule has 0 amide bonds. The van der Waals surface area contributed by atoms with E-state index in [2.05, 4.69) is 0 Å². The summed E-state index contributed by atoms with van der Waals surface area (Å²) in [5, 5.41) is 9.66. The Morgan fingerprint density at radius 1 is 1.11 bits per heavy atom. The van der Waals surface area contributed by atoms with E-state index in [1.165, 1.54) is 0 Å². The van der Waals surface area contributed by atoms with E-state index in [0.717, 1.165) is 0 Å². The summed E-state index contributed by atoms with van der Waals surface area (Å²) in [7, 11) is 0. The van der Waals surface area contributed by atoms with E-state index in [1.54, 1.807) is 18.2 Å². The van der Waals surface area contributed by atoms with E-state index >= 15 is 0 Å². The minimum Gasteiger partial charge on any atom is -0.481 e. The molecule has 1 aliphatic carbocycles. The van der Waals surface area contributed by atoms with E-state index in [9.17, 15) is 9.59 Å². The average Bonchev–Trinajstić information content (AvgIpc) is 2.81. The third-order valence-electron chi connectivity index (χ3n) is 3.36. The Kier molecular flexibility index (Phi) is 3.93. The summed E-state index contributed by atoms with van der Waals surface area (Å²) >= 11 is 11.7. The zero-order chi connectivity index (χ0) is 13.3. The molecule has 96 valence electrons. The van der Waals surface area contributed by atoms with Crippen LogP contribution < -0.4 is 0 Å². The molecule has 1 aromatic carbocycles. The fourth-order valence-corrected chi connectivity index (χ4v) is 2.63. The lowest BCUT2D eigenvalue weighted by Gasteiger charge is -2.09. The highest BCUT2D eigenvalue weighted by Crippen LogP contribution is 2.34. The SMILES string of the molecule is O=C(O)C1CCC(C(=O)c2ccc(Cl)c(Cl)c2)C1. The van der Waals surface area contributed by atoms with Crippen LogP contribution >= 0.6 is 23.2 Å². The Morgan fingerprint density at radius 2 is 1.78 bits per heavy atom. The van der Waals surface area contributed by atoms with Crippen molar-refractivity contribution in [3.8, 4) is 0 Å². The minimum atomic E-state index is -0.820. The molecule has 3 nitrogen and oxygen atoms in total. The second kappa shape index (κ2) is 5.29. The first-order valence-electron chi connectivity index (χ1n) is 5.71. The molecule has 2 rings (SSSR count). The summed E-state index contributed by atoms with van der Waals surface area (Å²) in [6.45, 7) is 0. The molecule has 0 spiro atoms. The van der Waals surface area contributed by atoms with Gasteiger partial charge >= 0.3 is 5.97 Å². The molecule has 0 radical (unpaired) electrons. The third kappa shape index (κ3) is 2.68. The summed E-state index contributed by atoms with van der Waals surface area (Å²) in [6.07, 6.45) is 1.59. The van der Waals surface area contributed by atoms with Gasteiger partial charge in [-0.25, -0.2) is 0 Å². The number of aliphatic carboxylic acids is 1. The molecular formula is C13H12Cl2O3. The normalized spacial score (nSPS) is 23.0. The molecule has 1 aliphatic rings. The zero-order valence-electron chi connectivity index (χ0n) is 9.53. The van der Waals surface area contributed by atoms with Crippen molar-refractivity contribution in [2.45, 2.75) is 19.3 Å². The first-order chi connectivity index (χ1) is 8.49. The van der Waals surface area contributed by atoms with Crippen molar-refractivity contribution >= 4 is 35.0 Å². The Hall–Kier alpha value is -1.06. The summed E-state index contributed by atoms with van der Waals surface area (Å²) < 4.78 is 0. The Balaban J connectivity index is 2.12. The smallest absolute Gasteiger partial charge is 0.306 e. The van der Waals surface area contributed by atoms with E-state index in [1.807, 2.05) is 0 Å². The van der Waals surface area contributed by atoms with Gasteiger partial charge in [-0.1, -0.05) is 23.2 Å². The van der Waals surface area contributed by atoms with E-state index in [4.69, 9.17) is 28.3 Å². The predicted octanol–water partition coefficient (Wildman–Crippen LogP) is 3.68. The fraction of sp³-hybridized carbons (Fsp3) is 0.385. The summed E-state index contributed by atoms with van der Waals surface area (Å²) in [6, 6.07) is 4.76. The number of carboxylic acids is 1. The van der Waals surface area contributed by atoms with Crippen molar-refractivity contribution in [3.05, 3.63) is 33.8 Å². The average molecular weight is 287 g/mol. The van der Waals surface area contributed by atoms with Gasteiger partial charge in [-0.2, -0.15) is 0 Å². The number of halogens is 2. The molecule has 1 fully saturated rings. The lowest BCUT2D eigenvalue weighted by Crippen LogP contribution is -2.14. The second-order valence-electron chi connectivity index (χ2n) is 4.54. The lowest BCUT2D eigenvalue weighted by molar-refractivity contribution is -0.141. The summed E-state index contributed by atoms with van der Waals surface area (Å²) in [4.78, 5) is 23.0. The van der Waals surface area contributed by atoms with Gasteiger partial charge in [0, 0.05) is 11.5 Å². The quantitative estimate of drug-likeness (QED) is 0.863. The number of ketones is 1. The van der Waals surface area contributed by atoms with Crippen LogP contribution in [0.4, 0.5) is 0 Å². The van der Waals surface area contributed by atoms with Crippen LogP contribution in [0.25, 0.3) is 0 Å². The number of carboxylic acid groups (broad SMARTS) is 1. The first-order valence-corrected chi connectivity index (χ1v) is 6.46. The van der Waals surface area contributed by atoms with Crippen LogP contribution in [0.5, 0.6) is 0 Å². The van der Waals surface area contributed by atoms with Crippen molar-refractivity contribution in [3.63, 3.8) is 0 Å². The molecule has 0 aliphatic heterocycles. The molecule has 1 aromatic rings. The molecular weight excluding hydrogens is 275 g/mol. The Morgan fingerprint density at radius 3 is 2.33 bits per heavy atom. The molecule has 0 aromatic heterocycles. The van der Waals surface area contributed by atoms with Gasteiger partial charge in [-0.3, -0.25) is 9.59 Å². The third-order valence-corrected chi connectivity index (χ3v) is 4.10. The first kappa shape index (κ1) is 13.4. The van der Waals surface area contributed by atoms with E-state index in [0.29, 0.717) is 34.9 Å². The van der Waals surface area contributed by atoms with Crippen LogP contribution in [-0.2, 0) is 4.79 Å². The minimum absolute atomic E-state index is 0.0442. The molecule has 0 bridgehead atoms. The van der Waals surface area contributed by atoms with Crippen molar-refractivity contribution in [2.24, 2.45) is 11.8 Å². The van der Waals surface area contributed by atoms with E-state index < -0.39 is 11.9 Å². The van der Waals surface area contributed by atoms with Crippen LogP contribution in [0.3, 0.4) is 0 Å². The number of hydrogen-bond acceptors (Lipinski definition) is 2. The maximum Gasteiger partial charge on any atom is 0.306 e. The summed E-state index contributed by atoms with van der Waals surface area (Å²) in [5.41, 5.74) is 0.500. The number of carbonyl (C=O) groups excluding carboxylic acids is 1. The van der Waals surface area contributed by atoms with Crippen molar-refractivity contribution in [1.29, 1.82) is 0 Å². The van der Waals surface area contributed by atoms with Crippen LogP contribution in [0, 0.1) is 11.8 Å². The standard InChI is InChI=1S/C13H12Cl2O3/c14-10-4-3-8(6-11(10)15)12(16)7-1-2-9(5-7)13(17)18/h3-4,6-7,9H,1-2,5H2,(H,17,18). The highest BCUT2D eigenvalue weighted by atomic mass is 35.5. The maximum atomic E-state index is 12.2. The van der Waals surface area contributed by atoms with Gasteiger partial charge in [-0.15, -0.1) is 0 Å². The molecule has 2 atom stereocenters. The van der Waals surface area contributed by atoms with Crippen LogP contribution in [0.15, 0.2) is 18.2 Å². The number of hydrogen-bond donors (Lipinski definition) is 1. The largest absolute Gasteiger partial charge is 0.481 e. The molecule has 0 saturated heterocycles. The van der Waals surface area contributed by atoms with Gasteiger partial charge in [0.05, 0.1) is 16.0 Å². The number of rotatable bonds is 3. The Labute approximate surface area is 115 Å².